The van der Waals surface area contributed by atoms with Gasteiger partial charge in [0.1, 0.15) is 6.17 Å². The van der Waals surface area contributed by atoms with Gasteiger partial charge in [-0.2, -0.15) is 0 Å². The third-order valence-electron chi connectivity index (χ3n) is 8.66. The Hall–Kier alpha value is -5.61. The normalized spacial score (nSPS) is 17.3. The molecule has 2 aromatic carbocycles. The molecule has 0 bridgehead atoms. The van der Waals surface area contributed by atoms with Crippen LogP contribution in [0.4, 0.5) is 11.5 Å². The third-order valence-corrected chi connectivity index (χ3v) is 8.66. The molecule has 1 N–H and O–H groups in total. The van der Waals surface area contributed by atoms with Crippen molar-refractivity contribution in [2.75, 3.05) is 10.2 Å². The van der Waals surface area contributed by atoms with E-state index in [-0.39, 0.29) is 12.2 Å². The van der Waals surface area contributed by atoms with E-state index in [0.29, 0.717) is 5.92 Å². The van der Waals surface area contributed by atoms with Crippen LogP contribution in [0.15, 0.2) is 177 Å². The maximum Gasteiger partial charge on any atom is 0.151 e. The summed E-state index contributed by atoms with van der Waals surface area (Å²) in [5.41, 5.74) is 10.3. The van der Waals surface area contributed by atoms with Crippen LogP contribution in [0.5, 0.6) is 0 Å². The maximum atomic E-state index is 4.48. The quantitative estimate of drug-likeness (QED) is 0.211. The number of aromatic nitrogens is 1. The van der Waals surface area contributed by atoms with Crippen LogP contribution in [0.2, 0.25) is 0 Å². The van der Waals surface area contributed by atoms with Crippen LogP contribution in [0, 0.1) is 5.92 Å². The second kappa shape index (κ2) is 16.5. The van der Waals surface area contributed by atoms with Crippen molar-refractivity contribution < 1.29 is 0 Å². The molecule has 1 aromatic heterocycles. The average molecular weight is 645 g/mol. The molecule has 4 nitrogen and oxygen atoms in total. The van der Waals surface area contributed by atoms with Crippen LogP contribution in [0.25, 0.3) is 22.3 Å². The van der Waals surface area contributed by atoms with E-state index in [1.807, 2.05) is 44.3 Å². The molecule has 0 aliphatic carbocycles. The molecule has 3 aromatic rings. The largest absolute Gasteiger partial charge is 0.345 e. The molecule has 4 heteroatoms. The first-order valence-corrected chi connectivity index (χ1v) is 17.2. The smallest absolute Gasteiger partial charge is 0.151 e. The minimum atomic E-state index is 0.102. The number of hydrogen-bond donors (Lipinski definition) is 1. The van der Waals surface area contributed by atoms with Gasteiger partial charge in [-0.25, -0.2) is 4.98 Å². The van der Waals surface area contributed by atoms with Gasteiger partial charge in [-0.1, -0.05) is 145 Å². The van der Waals surface area contributed by atoms with Crippen molar-refractivity contribution in [1.82, 2.24) is 9.88 Å². The van der Waals surface area contributed by atoms with Gasteiger partial charge >= 0.3 is 0 Å². The summed E-state index contributed by atoms with van der Waals surface area (Å²) in [6, 6.07) is 21.8. The van der Waals surface area contributed by atoms with Crippen LogP contribution >= 0.6 is 0 Å². The number of nitrogens with one attached hydrogen (secondary N) is 1. The van der Waals surface area contributed by atoms with Crippen molar-refractivity contribution in [2.24, 2.45) is 5.92 Å². The second-order valence-electron chi connectivity index (χ2n) is 12.2. The van der Waals surface area contributed by atoms with Crippen LogP contribution in [-0.2, 0) is 0 Å². The minimum Gasteiger partial charge on any atom is -0.345 e. The van der Waals surface area contributed by atoms with E-state index in [1.165, 1.54) is 27.8 Å². The summed E-state index contributed by atoms with van der Waals surface area (Å²) in [5, 5.41) is 3.46. The number of rotatable bonds is 11. The molecule has 0 spiro atoms. The van der Waals surface area contributed by atoms with Crippen LogP contribution < -0.4 is 10.2 Å². The molecule has 4 heterocycles. The van der Waals surface area contributed by atoms with Gasteiger partial charge in [0.15, 0.2) is 5.82 Å². The molecule has 0 saturated heterocycles. The Morgan fingerprint density at radius 3 is 2.47 bits per heavy atom. The van der Waals surface area contributed by atoms with Crippen molar-refractivity contribution in [1.29, 1.82) is 0 Å². The molecule has 3 aliphatic rings. The first-order chi connectivity index (χ1) is 23.9. The first kappa shape index (κ1) is 34.7. The van der Waals surface area contributed by atoms with Crippen LogP contribution in [0.3, 0.4) is 0 Å². The number of allylic oxidation sites excluding steroid dienone is 12. The highest BCUT2D eigenvalue weighted by molar-refractivity contribution is 5.85. The molecular weight excluding hydrogens is 597 g/mol. The Bertz CT molecular complexity index is 1880. The Morgan fingerprint density at radius 1 is 0.918 bits per heavy atom. The zero-order chi connectivity index (χ0) is 34.8. The van der Waals surface area contributed by atoms with Gasteiger partial charge in [0.05, 0.1) is 11.7 Å². The van der Waals surface area contributed by atoms with Gasteiger partial charge in [-0.3, -0.25) is 0 Å². The molecule has 0 saturated carbocycles. The molecule has 2 atom stereocenters. The van der Waals surface area contributed by atoms with E-state index >= 15 is 0 Å². The Labute approximate surface area is 293 Å². The van der Waals surface area contributed by atoms with E-state index in [9.17, 15) is 0 Å². The standard InChI is InChI=1S/C43H42N4.C2H6/c1-6-8-17-40(31(3)4)46-29-33(20-19-32(46)5)13-9-14-34(12-7-2)37-15-10-16-38(28-37)35-21-23-36(24-22-35)39-25-26-42-45-43-41(47(42)30-39)18-11-27-44-43;1-2/h6-12,14-31,40,42H,1-2,5,13H2,3-4H3,(H,44,45);1-2H3/b14-9-,17-8-,34-12+;. The summed E-state index contributed by atoms with van der Waals surface area (Å²) in [7, 11) is 0. The Balaban J connectivity index is 0.00000230. The first-order valence-electron chi connectivity index (χ1n) is 17.2. The summed E-state index contributed by atoms with van der Waals surface area (Å²) in [6.45, 7) is 20.6. The van der Waals surface area contributed by atoms with Crippen LogP contribution in [-0.4, -0.2) is 22.1 Å². The highest BCUT2D eigenvalue weighted by atomic mass is 15.3. The predicted octanol–water partition coefficient (Wildman–Crippen LogP) is 11.5. The topological polar surface area (TPSA) is 31.4 Å². The lowest BCUT2D eigenvalue weighted by atomic mass is 9.96. The highest BCUT2D eigenvalue weighted by Crippen LogP contribution is 2.37. The number of pyridine rings is 1. The summed E-state index contributed by atoms with van der Waals surface area (Å²) in [5.74, 6) is 1.35. The summed E-state index contributed by atoms with van der Waals surface area (Å²) < 4.78 is 0. The number of hydrogen-bond acceptors (Lipinski definition) is 4. The number of fused-ring (bicyclic) bond motifs is 3. The Morgan fingerprint density at radius 2 is 1.71 bits per heavy atom. The molecule has 6 rings (SSSR count). The molecule has 3 aliphatic heterocycles. The van der Waals surface area contributed by atoms with Crippen LogP contribution in [0.1, 0.15) is 45.2 Å². The van der Waals surface area contributed by atoms with Gasteiger partial charge in [0.2, 0.25) is 0 Å². The van der Waals surface area contributed by atoms with E-state index < -0.39 is 0 Å². The van der Waals surface area contributed by atoms with Gasteiger partial charge < -0.3 is 15.1 Å². The SMILES string of the molecule is C=C/C=C\C(C(C)C)N1C=C(C/C=C\C(=C/C=C)c2cccc(-c3ccc(C4=CN5c6cccnc6NC5C=C4)cc3)c2)C=CC1=C.CC. The van der Waals surface area contributed by atoms with E-state index in [0.717, 1.165) is 34.8 Å². The molecular formula is C45H48N4. The van der Waals surface area contributed by atoms with Crippen molar-refractivity contribution in [2.45, 2.75) is 46.3 Å². The van der Waals surface area contributed by atoms with E-state index in [1.54, 1.807) is 0 Å². The number of anilines is 2. The molecule has 49 heavy (non-hydrogen) atoms. The third kappa shape index (κ3) is 8.10. The minimum absolute atomic E-state index is 0.102. The summed E-state index contributed by atoms with van der Waals surface area (Å²) in [6.07, 6.45) is 30.2. The molecule has 0 radical (unpaired) electrons. The number of benzene rings is 2. The molecule has 2 unspecified atom stereocenters. The summed E-state index contributed by atoms with van der Waals surface area (Å²) in [4.78, 5) is 8.98. The van der Waals surface area contributed by atoms with Crippen molar-refractivity contribution in [3.8, 4) is 11.1 Å². The lowest BCUT2D eigenvalue weighted by molar-refractivity contribution is 0.323. The van der Waals surface area contributed by atoms with Gasteiger partial charge in [-0.05, 0) is 81.7 Å². The lowest BCUT2D eigenvalue weighted by Gasteiger charge is -2.34. The maximum absolute atomic E-state index is 4.48. The molecule has 0 amide bonds. The Kier molecular flexibility index (Phi) is 11.7. The average Bonchev–Trinajstić information content (AvgIpc) is 3.51. The van der Waals surface area contributed by atoms with Gasteiger partial charge in [0.25, 0.3) is 0 Å². The summed E-state index contributed by atoms with van der Waals surface area (Å²) >= 11 is 0. The van der Waals surface area contributed by atoms with Crippen molar-refractivity contribution in [3.63, 3.8) is 0 Å². The number of nitrogens with zero attached hydrogens (tertiary/aromatic N) is 3. The fourth-order valence-electron chi connectivity index (χ4n) is 6.18. The zero-order valence-corrected chi connectivity index (χ0v) is 29.3. The zero-order valence-electron chi connectivity index (χ0n) is 29.3. The lowest BCUT2D eigenvalue weighted by Crippen LogP contribution is -2.33. The molecule has 248 valence electrons. The van der Waals surface area contributed by atoms with Crippen molar-refractivity contribution >= 4 is 22.7 Å². The fourth-order valence-corrected chi connectivity index (χ4v) is 6.18. The van der Waals surface area contributed by atoms with Gasteiger partial charge in [-0.15, -0.1) is 0 Å². The van der Waals surface area contributed by atoms with E-state index in [4.69, 9.17) is 0 Å². The van der Waals surface area contributed by atoms with Gasteiger partial charge in [0, 0.05) is 24.3 Å². The van der Waals surface area contributed by atoms with E-state index in [2.05, 4.69) is 169 Å². The molecule has 0 fully saturated rings. The van der Waals surface area contributed by atoms with Crippen molar-refractivity contribution in [3.05, 3.63) is 188 Å². The highest BCUT2D eigenvalue weighted by Gasteiger charge is 2.28. The predicted molar refractivity (Wildman–Crippen MR) is 213 cm³/mol. The monoisotopic (exact) mass is 644 g/mol. The fraction of sp³-hybridized carbons (Fsp3) is 0.178. The second-order valence-corrected chi connectivity index (χ2v) is 12.2.